The Labute approximate surface area is 147 Å². The molecule has 1 amide bonds. The van der Waals surface area contributed by atoms with Crippen LogP contribution in [0, 0.1) is 5.92 Å². The molecular weight excluding hydrogens is 376 g/mol. The Morgan fingerprint density at radius 2 is 2.29 bits per heavy atom. The molecule has 1 aliphatic heterocycles. The van der Waals surface area contributed by atoms with Gasteiger partial charge in [0.25, 0.3) is 0 Å². The number of aromatic nitrogens is 1. The number of fused-ring (bicyclic) bond motifs is 1. The lowest BCUT2D eigenvalue weighted by molar-refractivity contribution is -0.141. The van der Waals surface area contributed by atoms with Crippen molar-refractivity contribution >= 4 is 38.7 Å². The number of H-pyrrole nitrogens is 1. The highest BCUT2D eigenvalue weighted by Gasteiger charge is 2.25. The van der Waals surface area contributed by atoms with Crippen LogP contribution in [0.4, 0.5) is 0 Å². The van der Waals surface area contributed by atoms with Crippen LogP contribution in [-0.4, -0.2) is 41.2 Å². The second-order valence-electron chi connectivity index (χ2n) is 6.10. The molecule has 1 aromatic heterocycles. The number of benzene rings is 1. The van der Waals surface area contributed by atoms with E-state index >= 15 is 0 Å². The number of carbonyl (C=O) groups excluding carboxylic acids is 1. The monoisotopic (exact) mass is 394 g/mol. The normalized spacial score (nSPS) is 18.6. The summed E-state index contributed by atoms with van der Waals surface area (Å²) in [7, 11) is 0. The smallest absolute Gasteiger partial charge is 0.326 e. The molecule has 0 radical (unpaired) electrons. The fourth-order valence-electron chi connectivity index (χ4n) is 3.00. The standard InChI is InChI=1S/C17H19BrN2O4/c18-12-1-2-14-13(7-12)11(8-19-14)6-15(17(22)23)20-16(21)5-10-3-4-24-9-10/h1-2,7-8,10,15,19H,3-6,9H2,(H,20,21)(H,22,23)/t10-,15+/m1/s1. The molecule has 0 aliphatic carbocycles. The highest BCUT2D eigenvalue weighted by atomic mass is 79.9. The van der Waals surface area contributed by atoms with Crippen molar-refractivity contribution in [2.45, 2.75) is 25.3 Å². The van der Waals surface area contributed by atoms with Crippen molar-refractivity contribution in [2.24, 2.45) is 5.92 Å². The zero-order chi connectivity index (χ0) is 17.1. The van der Waals surface area contributed by atoms with E-state index in [0.29, 0.717) is 19.6 Å². The average Bonchev–Trinajstić information content (AvgIpc) is 3.16. The Morgan fingerprint density at radius 3 is 3.00 bits per heavy atom. The summed E-state index contributed by atoms with van der Waals surface area (Å²) in [5.41, 5.74) is 1.80. The van der Waals surface area contributed by atoms with E-state index in [0.717, 1.165) is 27.4 Å². The number of halogens is 1. The Bertz CT molecular complexity index is 752. The maximum atomic E-state index is 12.1. The molecule has 6 nitrogen and oxygen atoms in total. The predicted molar refractivity (Wildman–Crippen MR) is 92.8 cm³/mol. The molecule has 0 unspecified atom stereocenters. The van der Waals surface area contributed by atoms with Gasteiger partial charge in [0.15, 0.2) is 0 Å². The van der Waals surface area contributed by atoms with Crippen molar-refractivity contribution in [1.29, 1.82) is 0 Å². The molecule has 3 N–H and O–H groups in total. The highest BCUT2D eigenvalue weighted by molar-refractivity contribution is 9.10. The summed E-state index contributed by atoms with van der Waals surface area (Å²) in [5, 5.41) is 13.0. The highest BCUT2D eigenvalue weighted by Crippen LogP contribution is 2.24. The first-order valence-corrected chi connectivity index (χ1v) is 8.67. The number of nitrogens with one attached hydrogen (secondary N) is 2. The van der Waals surface area contributed by atoms with E-state index < -0.39 is 12.0 Å². The third-order valence-corrected chi connectivity index (χ3v) is 4.78. The number of carboxylic acid groups (broad SMARTS) is 1. The van der Waals surface area contributed by atoms with Crippen LogP contribution in [0.5, 0.6) is 0 Å². The molecule has 1 saturated heterocycles. The number of aromatic amines is 1. The molecule has 1 aliphatic rings. The maximum Gasteiger partial charge on any atom is 0.326 e. The minimum Gasteiger partial charge on any atom is -0.480 e. The zero-order valence-corrected chi connectivity index (χ0v) is 14.6. The van der Waals surface area contributed by atoms with Crippen molar-refractivity contribution in [2.75, 3.05) is 13.2 Å². The van der Waals surface area contributed by atoms with E-state index in [-0.39, 0.29) is 18.2 Å². The van der Waals surface area contributed by atoms with Gasteiger partial charge >= 0.3 is 5.97 Å². The first kappa shape index (κ1) is 17.0. The van der Waals surface area contributed by atoms with Crippen molar-refractivity contribution < 1.29 is 19.4 Å². The molecule has 7 heteroatoms. The minimum atomic E-state index is -1.03. The van der Waals surface area contributed by atoms with Crippen LogP contribution in [0.3, 0.4) is 0 Å². The van der Waals surface area contributed by atoms with Gasteiger partial charge in [0.2, 0.25) is 5.91 Å². The number of carbonyl (C=O) groups is 2. The third-order valence-electron chi connectivity index (χ3n) is 4.28. The summed E-state index contributed by atoms with van der Waals surface area (Å²) in [4.78, 5) is 26.8. The Kier molecular flexibility index (Phi) is 5.20. The summed E-state index contributed by atoms with van der Waals surface area (Å²) < 4.78 is 6.17. The van der Waals surface area contributed by atoms with Crippen molar-refractivity contribution in [1.82, 2.24) is 10.3 Å². The van der Waals surface area contributed by atoms with Crippen molar-refractivity contribution in [3.63, 3.8) is 0 Å². The molecule has 2 atom stereocenters. The van der Waals surface area contributed by atoms with E-state index in [1.165, 1.54) is 0 Å². The molecule has 0 bridgehead atoms. The number of amides is 1. The number of hydrogen-bond acceptors (Lipinski definition) is 3. The van der Waals surface area contributed by atoms with E-state index in [4.69, 9.17) is 4.74 Å². The number of aliphatic carboxylic acids is 1. The van der Waals surface area contributed by atoms with Gasteiger partial charge in [-0.1, -0.05) is 15.9 Å². The van der Waals surface area contributed by atoms with Gasteiger partial charge in [-0.3, -0.25) is 4.79 Å². The topological polar surface area (TPSA) is 91.4 Å². The van der Waals surface area contributed by atoms with Crippen molar-refractivity contribution in [3.8, 4) is 0 Å². The van der Waals surface area contributed by atoms with Gasteiger partial charge < -0.3 is 20.1 Å². The van der Waals surface area contributed by atoms with Gasteiger partial charge in [0, 0.05) is 47.6 Å². The molecule has 24 heavy (non-hydrogen) atoms. The SMILES string of the molecule is O=C(C[C@H]1CCOC1)N[C@@H](Cc1c[nH]c2ccc(Br)cc12)C(=O)O. The van der Waals surface area contributed by atoms with E-state index in [9.17, 15) is 14.7 Å². The fraction of sp³-hybridized carbons (Fsp3) is 0.412. The van der Waals surface area contributed by atoms with E-state index in [1.54, 1.807) is 6.20 Å². The van der Waals surface area contributed by atoms with Gasteiger partial charge in [-0.25, -0.2) is 4.79 Å². The summed E-state index contributed by atoms with van der Waals surface area (Å²) in [6.45, 7) is 1.24. The van der Waals surface area contributed by atoms with Crippen molar-refractivity contribution in [3.05, 3.63) is 34.4 Å². The molecule has 1 fully saturated rings. The van der Waals surface area contributed by atoms with E-state index in [2.05, 4.69) is 26.2 Å². The van der Waals surface area contributed by atoms with Crippen LogP contribution in [0.15, 0.2) is 28.9 Å². The Balaban J connectivity index is 1.69. The van der Waals surface area contributed by atoms with Crippen LogP contribution >= 0.6 is 15.9 Å². The average molecular weight is 395 g/mol. The zero-order valence-electron chi connectivity index (χ0n) is 13.0. The molecule has 0 saturated carbocycles. The first-order chi connectivity index (χ1) is 11.5. The maximum absolute atomic E-state index is 12.1. The van der Waals surface area contributed by atoms with Gasteiger partial charge in [-0.15, -0.1) is 0 Å². The summed E-state index contributed by atoms with van der Waals surface area (Å²) in [5.74, 6) is -1.09. The lowest BCUT2D eigenvalue weighted by atomic mass is 10.0. The molecule has 3 rings (SSSR count). The largest absolute Gasteiger partial charge is 0.480 e. The van der Waals surface area contributed by atoms with Gasteiger partial charge in [0.05, 0.1) is 0 Å². The molecular formula is C17H19BrN2O4. The molecule has 0 spiro atoms. The second-order valence-corrected chi connectivity index (χ2v) is 7.02. The minimum absolute atomic E-state index is 0.184. The number of rotatable bonds is 6. The Hall–Kier alpha value is -1.86. The first-order valence-electron chi connectivity index (χ1n) is 7.88. The van der Waals surface area contributed by atoms with Gasteiger partial charge in [-0.2, -0.15) is 0 Å². The van der Waals surface area contributed by atoms with Crippen LogP contribution < -0.4 is 5.32 Å². The van der Waals surface area contributed by atoms with Crippen LogP contribution in [0.2, 0.25) is 0 Å². The van der Waals surface area contributed by atoms with Gasteiger partial charge in [0.1, 0.15) is 6.04 Å². The number of carboxylic acids is 1. The molecule has 1 aromatic carbocycles. The fourth-order valence-corrected chi connectivity index (χ4v) is 3.36. The number of hydrogen-bond donors (Lipinski definition) is 3. The van der Waals surface area contributed by atoms with E-state index in [1.807, 2.05) is 18.2 Å². The lowest BCUT2D eigenvalue weighted by Gasteiger charge is -2.15. The summed E-state index contributed by atoms with van der Waals surface area (Å²) in [6.07, 6.45) is 3.19. The van der Waals surface area contributed by atoms with Gasteiger partial charge in [-0.05, 0) is 36.1 Å². The number of ether oxygens (including phenoxy) is 1. The molecule has 128 valence electrons. The van der Waals surface area contributed by atoms with Crippen LogP contribution in [-0.2, 0) is 20.7 Å². The lowest BCUT2D eigenvalue weighted by Crippen LogP contribution is -2.42. The van der Waals surface area contributed by atoms with Crippen LogP contribution in [0.25, 0.3) is 10.9 Å². The summed E-state index contributed by atoms with van der Waals surface area (Å²) >= 11 is 3.42. The third kappa shape index (κ3) is 3.96. The summed E-state index contributed by atoms with van der Waals surface area (Å²) in [6, 6.07) is 4.84. The predicted octanol–water partition coefficient (Wildman–Crippen LogP) is 2.47. The molecule has 2 aromatic rings. The van der Waals surface area contributed by atoms with Crippen LogP contribution in [0.1, 0.15) is 18.4 Å². The second kappa shape index (κ2) is 7.36. The quantitative estimate of drug-likeness (QED) is 0.701. The molecule has 2 heterocycles. The Morgan fingerprint density at radius 1 is 1.46 bits per heavy atom.